The van der Waals surface area contributed by atoms with Crippen molar-refractivity contribution >= 4 is 52.0 Å². The van der Waals surface area contributed by atoms with E-state index in [0.717, 1.165) is 44.9 Å². The van der Waals surface area contributed by atoms with Crippen LogP contribution in [0.25, 0.3) is 0 Å². The van der Waals surface area contributed by atoms with Gasteiger partial charge in [0.05, 0.1) is 32.5 Å². The van der Waals surface area contributed by atoms with Gasteiger partial charge in [0.1, 0.15) is 42.7 Å². The maximum atomic E-state index is 12.7. The predicted octanol–water partition coefficient (Wildman–Crippen LogP) is -10.1. The highest BCUT2D eigenvalue weighted by Gasteiger charge is 2.63. The Morgan fingerprint density at radius 2 is 0.750 bits per heavy atom. The molecule has 4 aliphatic heterocycles. The van der Waals surface area contributed by atoms with Crippen LogP contribution in [-0.4, -0.2) is 220 Å². The van der Waals surface area contributed by atoms with Crippen LogP contribution in [-0.2, 0) is 190 Å². The Morgan fingerprint density at radius 1 is 0.398 bits per heavy atom. The van der Waals surface area contributed by atoms with E-state index in [4.69, 9.17) is 56.7 Å². The van der Waals surface area contributed by atoms with Gasteiger partial charge >= 0.3 is 0 Å². The molecule has 634 valence electrons. The van der Waals surface area contributed by atoms with Gasteiger partial charge in [0, 0.05) is 0 Å². The van der Waals surface area contributed by atoms with Gasteiger partial charge in [-0.1, -0.05) is 53.9 Å². The van der Waals surface area contributed by atoms with E-state index in [9.17, 15) is 107 Å². The number of hydrogen-bond donors (Lipinski definition) is 0. The van der Waals surface area contributed by atoms with Crippen LogP contribution in [0.5, 0.6) is 0 Å². The summed E-state index contributed by atoms with van der Waals surface area (Å²) >= 11 is 0. The van der Waals surface area contributed by atoms with Crippen LogP contribution in [0.2, 0.25) is 0 Å². The molecule has 4 heterocycles. The molecule has 8 aliphatic rings. The third kappa shape index (κ3) is 24.4. The third-order valence-electron chi connectivity index (χ3n) is 21.0. The SMILES string of the molecule is CC(C)CCC[C@@H](C)[C@H]1CCC2C3CCC4C[C@@H](O[C@@H]5OC(COS(=O)(=O)[O-])[C@@H](O[C@H]6OC(COS(=O)(=O)[O-])[C@@H](O[C@H]7OC(COS(=O)(=O)[O-])[C@@H](O[C@H]8OC(COS(=O)(=O)[O-])[C@@H](OO[O-])C(OO[O-])[C@@H]8OO[O-])C(OO[O-])[C@@H]7OO[O-])C(OO[O-])[C@@H]6OO[O-])C(OO[O-])[C@@H]5OS(=O)(=O)[O-])CC[C@]4(C)C3C[C@@H](C)C21. The Kier molecular flexibility index (Phi) is 34.2. The van der Waals surface area contributed by atoms with E-state index < -0.39 is 207 Å². The molecule has 0 aromatic rings. The molecule has 4 aliphatic carbocycles. The van der Waals surface area contributed by atoms with Crippen LogP contribution in [0.1, 0.15) is 105 Å². The van der Waals surface area contributed by atoms with Gasteiger partial charge in [-0.2, -0.15) is 0 Å². The Balaban J connectivity index is 1.11. The second-order valence-corrected chi connectivity index (χ2v) is 32.5. The molecular formula is C51H75O52S5-13. The van der Waals surface area contributed by atoms with E-state index in [2.05, 4.69) is 116 Å². The monoisotopic (exact) mass is 1680 g/mol. The molecule has 4 saturated heterocycles. The molecular weight excluding hydrogens is 1600 g/mol. The zero-order chi connectivity index (χ0) is 79.4. The fourth-order valence-electron chi connectivity index (χ4n) is 16.9. The van der Waals surface area contributed by atoms with Crippen molar-refractivity contribution in [2.24, 2.45) is 58.7 Å². The van der Waals surface area contributed by atoms with Crippen molar-refractivity contribution in [1.82, 2.24) is 0 Å². The molecule has 0 aromatic heterocycles. The van der Waals surface area contributed by atoms with Crippen LogP contribution in [0, 0.1) is 58.7 Å². The number of hydrogen-bond acceptors (Lipinski definition) is 52. The van der Waals surface area contributed by atoms with Crippen molar-refractivity contribution in [3.63, 3.8) is 0 Å². The molecule has 0 bridgehead atoms. The molecule has 0 spiro atoms. The van der Waals surface area contributed by atoms with Gasteiger partial charge in [0.15, 0.2) is 80.1 Å². The third-order valence-corrected chi connectivity index (χ3v) is 23.2. The first-order valence-electron chi connectivity index (χ1n) is 32.7. The molecule has 0 N–H and O–H groups in total. The Labute approximate surface area is 614 Å². The molecule has 0 radical (unpaired) electrons. The number of ether oxygens (including phenoxy) is 8. The minimum atomic E-state index is -6.12. The van der Waals surface area contributed by atoms with Gasteiger partial charge in [-0.3, -0.25) is 61.2 Å². The summed E-state index contributed by atoms with van der Waals surface area (Å²) in [6.45, 7) is 4.27. The Bertz CT molecular complexity index is 3330. The van der Waals surface area contributed by atoms with Crippen molar-refractivity contribution in [3.8, 4) is 0 Å². The van der Waals surface area contributed by atoms with Gasteiger partial charge in [0.25, 0.3) is 0 Å². The normalized spacial score (nSPS) is 39.7. The highest BCUT2D eigenvalue weighted by molar-refractivity contribution is 7.81. The van der Waals surface area contributed by atoms with Crippen molar-refractivity contribution in [1.29, 1.82) is 0 Å². The molecule has 30 atom stereocenters. The smallest absolute Gasteiger partial charge is 0.218 e. The van der Waals surface area contributed by atoms with Crippen molar-refractivity contribution in [2.45, 2.75) is 234 Å². The summed E-state index contributed by atoms with van der Waals surface area (Å²) in [5.41, 5.74) is -0.271. The molecule has 108 heavy (non-hydrogen) atoms. The summed E-state index contributed by atoms with van der Waals surface area (Å²) in [4.78, 5) is 36.8. The van der Waals surface area contributed by atoms with Gasteiger partial charge in [0.2, 0.25) is 52.0 Å². The number of rotatable bonds is 43. The van der Waals surface area contributed by atoms with Crippen LogP contribution in [0.15, 0.2) is 0 Å². The Morgan fingerprint density at radius 3 is 1.13 bits per heavy atom. The lowest BCUT2D eigenvalue weighted by Gasteiger charge is -2.60. The molecule has 8 fully saturated rings. The van der Waals surface area contributed by atoms with Crippen molar-refractivity contribution in [3.05, 3.63) is 0 Å². The van der Waals surface area contributed by atoms with Gasteiger partial charge in [-0.15, -0.1) is 0 Å². The zero-order valence-corrected chi connectivity index (χ0v) is 60.8. The maximum Gasteiger partial charge on any atom is 0.218 e. The topological polar surface area (TPSA) is 738 Å². The van der Waals surface area contributed by atoms with Gasteiger partial charge < -0.3 is 103 Å². The van der Waals surface area contributed by atoms with E-state index >= 15 is 0 Å². The summed E-state index contributed by atoms with van der Waals surface area (Å²) in [5, 5.41) is 122. The average molecular weight is 1680 g/mol. The summed E-state index contributed by atoms with van der Waals surface area (Å²) in [5.74, 6) is 3.80. The highest BCUT2D eigenvalue weighted by atomic mass is 32.3. The first-order chi connectivity index (χ1) is 50.8. The summed E-state index contributed by atoms with van der Waals surface area (Å²) in [6, 6.07) is 0. The lowest BCUT2D eigenvalue weighted by atomic mass is 9.45. The second kappa shape index (κ2) is 40.3. The fourth-order valence-corrected chi connectivity index (χ4v) is 18.6. The molecule has 13 unspecified atom stereocenters. The summed E-state index contributed by atoms with van der Waals surface area (Å²) in [7, 11) is -29.9. The first-order valence-corrected chi connectivity index (χ1v) is 39.4. The molecule has 0 amide bonds. The molecule has 0 aromatic carbocycles. The second-order valence-electron chi connectivity index (χ2n) is 27.3. The maximum absolute atomic E-state index is 12.7. The van der Waals surface area contributed by atoms with Gasteiger partial charge in [-0.25, -0.2) is 81.2 Å². The largest absolute Gasteiger partial charge is 0.726 e. The quantitative estimate of drug-likeness (QED) is 0.0180. The number of fused-ring (bicyclic) bond motifs is 5. The molecule has 4 saturated carbocycles. The predicted molar refractivity (Wildman–Crippen MR) is 292 cm³/mol. The van der Waals surface area contributed by atoms with E-state index in [0.29, 0.717) is 54.3 Å². The van der Waals surface area contributed by atoms with Crippen LogP contribution in [0.3, 0.4) is 0 Å². The average Bonchev–Trinajstić information content (AvgIpc) is 1.46. The van der Waals surface area contributed by atoms with Crippen molar-refractivity contribution < 1.29 is 245 Å². The molecule has 8 rings (SSSR count). The van der Waals surface area contributed by atoms with Crippen LogP contribution >= 0.6 is 0 Å². The van der Waals surface area contributed by atoms with E-state index in [1.165, 1.54) is 0 Å². The standard InChI is InChI=1S/C51H88O52S5/c1-21(2)7-6-8-22(3)26-11-12-28-27-10-9-24-16-25(13-14-51(24,5)29(27)15-23(4)34(26)28)79-50-46(95-108(72,73)74)41(90-99-55)37(32(82-50)19-77-106(66,67)68)86-48-44(93-102-58)39(88-97-53)35(30(81-48)17-75-104(60,61)62)84-47-43(92-101-57)40(89-98-54)36(31(80-47)18-76-105(63,64)65)85-49-45(94-103-59)42(91-100-56)38(87-96-52)33(83-49)20-78-107(69,70)71/h21-50,52-59H,6-20H2,1-5H3,(H,60,61,62)(H,63,64,65)(H,66,67,68)(H,69,70,71)(H,72,73,74)/p-13/t22-,23-,24?,25+,26-,27?,28?,29?,30?,31?,32?,33?,34?,35-,36-,37-,38-,39?,40?,41?,42?,43+,44+,45+,46+,47-,48-,49-,50-,51+/m1/s1. The Hall–Kier alpha value is -1.93. The van der Waals surface area contributed by atoms with Crippen LogP contribution < -0.4 is 42.1 Å². The lowest BCUT2D eigenvalue weighted by molar-refractivity contribution is -0.834. The summed E-state index contributed by atoms with van der Waals surface area (Å²) < 4.78 is 250. The minimum Gasteiger partial charge on any atom is -0.726 e. The van der Waals surface area contributed by atoms with E-state index in [1.807, 2.05) is 0 Å². The van der Waals surface area contributed by atoms with Gasteiger partial charge in [-0.05, 0) is 110 Å². The molecule has 57 heteroatoms. The van der Waals surface area contributed by atoms with E-state index in [1.54, 1.807) is 0 Å². The van der Waals surface area contributed by atoms with Crippen LogP contribution in [0.4, 0.5) is 0 Å². The van der Waals surface area contributed by atoms with E-state index in [-0.39, 0.29) is 30.1 Å². The fraction of sp³-hybridized carbons (Fsp3) is 1.00. The van der Waals surface area contributed by atoms with Crippen molar-refractivity contribution in [2.75, 3.05) is 26.4 Å². The highest BCUT2D eigenvalue weighted by Crippen LogP contribution is 2.66. The minimum absolute atomic E-state index is 0.0728. The molecule has 52 nitrogen and oxygen atoms in total. The summed E-state index contributed by atoms with van der Waals surface area (Å²) in [6.07, 6.45) is -46.5. The first kappa shape index (κ1) is 91.6. The zero-order valence-electron chi connectivity index (χ0n) is 56.7. The lowest BCUT2D eigenvalue weighted by Crippen LogP contribution is -2.69.